The van der Waals surface area contributed by atoms with Crippen molar-refractivity contribution < 1.29 is 9.84 Å². The molecule has 0 radical (unpaired) electrons. The normalized spacial score (nSPS) is 12.3. The fourth-order valence-corrected chi connectivity index (χ4v) is 3.31. The highest BCUT2D eigenvalue weighted by Gasteiger charge is 2.23. The SMILES string of the molecule is COc1c(C)cc(Br)c(C)c1C(O)c1cc(Cl)ccc1Cl. The van der Waals surface area contributed by atoms with E-state index in [0.717, 1.165) is 15.6 Å². The van der Waals surface area contributed by atoms with E-state index in [2.05, 4.69) is 15.9 Å². The Morgan fingerprint density at radius 2 is 1.86 bits per heavy atom. The van der Waals surface area contributed by atoms with Crippen LogP contribution in [0.4, 0.5) is 0 Å². The third-order valence-electron chi connectivity index (χ3n) is 3.44. The van der Waals surface area contributed by atoms with E-state index >= 15 is 0 Å². The van der Waals surface area contributed by atoms with Crippen LogP contribution in [0.3, 0.4) is 0 Å². The summed E-state index contributed by atoms with van der Waals surface area (Å²) in [4.78, 5) is 0. The standard InChI is InChI=1S/C16H15BrCl2O2/c1-8-6-12(17)9(2)14(16(8)21-3)15(20)11-7-10(18)4-5-13(11)19/h4-7,15,20H,1-3H3. The smallest absolute Gasteiger partial charge is 0.128 e. The Balaban J connectivity index is 2.68. The van der Waals surface area contributed by atoms with Crippen LogP contribution in [0.15, 0.2) is 28.7 Å². The second-order valence-corrected chi connectivity index (χ2v) is 6.51. The summed E-state index contributed by atoms with van der Waals surface area (Å²) in [6.45, 7) is 3.85. The van der Waals surface area contributed by atoms with Gasteiger partial charge in [0.15, 0.2) is 0 Å². The minimum Gasteiger partial charge on any atom is -0.496 e. The molecular formula is C16H15BrCl2O2. The van der Waals surface area contributed by atoms with Crippen molar-refractivity contribution in [1.82, 2.24) is 0 Å². The van der Waals surface area contributed by atoms with Gasteiger partial charge in [-0.2, -0.15) is 0 Å². The average molecular weight is 390 g/mol. The summed E-state index contributed by atoms with van der Waals surface area (Å²) < 4.78 is 6.38. The monoisotopic (exact) mass is 388 g/mol. The zero-order valence-corrected chi connectivity index (χ0v) is 15.0. The molecule has 2 aromatic rings. The molecule has 2 rings (SSSR count). The number of rotatable bonds is 3. The molecule has 2 nitrogen and oxygen atoms in total. The molecule has 0 aromatic heterocycles. The summed E-state index contributed by atoms with van der Waals surface area (Å²) in [7, 11) is 1.59. The first-order chi connectivity index (χ1) is 9.86. The molecule has 0 heterocycles. The van der Waals surface area contributed by atoms with Gasteiger partial charge in [0.2, 0.25) is 0 Å². The minimum absolute atomic E-state index is 0.464. The van der Waals surface area contributed by atoms with Crippen LogP contribution in [-0.4, -0.2) is 12.2 Å². The van der Waals surface area contributed by atoms with Gasteiger partial charge < -0.3 is 9.84 Å². The number of halogens is 3. The van der Waals surface area contributed by atoms with Crippen molar-refractivity contribution in [1.29, 1.82) is 0 Å². The van der Waals surface area contributed by atoms with Crippen molar-refractivity contribution in [2.45, 2.75) is 20.0 Å². The van der Waals surface area contributed by atoms with Gasteiger partial charge in [0.05, 0.1) is 7.11 Å². The largest absolute Gasteiger partial charge is 0.496 e. The molecule has 0 amide bonds. The van der Waals surface area contributed by atoms with E-state index in [-0.39, 0.29) is 0 Å². The highest BCUT2D eigenvalue weighted by molar-refractivity contribution is 9.10. The zero-order chi connectivity index (χ0) is 15.7. The van der Waals surface area contributed by atoms with Crippen LogP contribution in [0.25, 0.3) is 0 Å². The lowest BCUT2D eigenvalue weighted by Gasteiger charge is -2.21. The number of hydrogen-bond acceptors (Lipinski definition) is 2. The maximum absolute atomic E-state index is 10.8. The fraction of sp³-hybridized carbons (Fsp3) is 0.250. The Hall–Kier alpha value is -0.740. The molecule has 2 aromatic carbocycles. The number of benzene rings is 2. The van der Waals surface area contributed by atoms with Crippen molar-refractivity contribution in [3.8, 4) is 5.75 Å². The van der Waals surface area contributed by atoms with Gasteiger partial charge in [-0.25, -0.2) is 0 Å². The van der Waals surface area contributed by atoms with Gasteiger partial charge in [-0.05, 0) is 49.2 Å². The summed E-state index contributed by atoms with van der Waals surface area (Å²) in [5.74, 6) is 0.652. The third-order valence-corrected chi connectivity index (χ3v) is 4.84. The molecular weight excluding hydrogens is 375 g/mol. The van der Waals surface area contributed by atoms with Crippen molar-refractivity contribution in [3.05, 3.63) is 61.0 Å². The van der Waals surface area contributed by atoms with Crippen molar-refractivity contribution in [3.63, 3.8) is 0 Å². The lowest BCUT2D eigenvalue weighted by Crippen LogP contribution is -2.07. The fourth-order valence-electron chi connectivity index (χ4n) is 2.36. The Morgan fingerprint density at radius 1 is 1.19 bits per heavy atom. The zero-order valence-electron chi connectivity index (χ0n) is 11.9. The Kier molecular flexibility index (Phi) is 5.20. The highest BCUT2D eigenvalue weighted by atomic mass is 79.9. The second-order valence-electron chi connectivity index (χ2n) is 4.82. The molecule has 1 unspecified atom stereocenters. The van der Waals surface area contributed by atoms with Gasteiger partial charge in [-0.3, -0.25) is 0 Å². The second kappa shape index (κ2) is 6.57. The van der Waals surface area contributed by atoms with E-state index in [0.29, 0.717) is 26.9 Å². The number of aryl methyl sites for hydroxylation is 1. The number of aliphatic hydroxyl groups is 1. The lowest BCUT2D eigenvalue weighted by molar-refractivity contribution is 0.213. The van der Waals surface area contributed by atoms with Crippen LogP contribution in [-0.2, 0) is 0 Å². The highest BCUT2D eigenvalue weighted by Crippen LogP contribution is 2.40. The van der Waals surface area contributed by atoms with E-state index in [1.54, 1.807) is 25.3 Å². The summed E-state index contributed by atoms with van der Waals surface area (Å²) in [6.07, 6.45) is -0.914. The van der Waals surface area contributed by atoms with Crippen molar-refractivity contribution >= 4 is 39.1 Å². The topological polar surface area (TPSA) is 29.5 Å². The quantitative estimate of drug-likeness (QED) is 0.754. The molecule has 0 saturated carbocycles. The van der Waals surface area contributed by atoms with Gasteiger partial charge in [0.1, 0.15) is 11.9 Å². The van der Waals surface area contributed by atoms with Gasteiger partial charge in [-0.1, -0.05) is 39.1 Å². The average Bonchev–Trinajstić information content (AvgIpc) is 2.44. The number of ether oxygens (including phenoxy) is 1. The Morgan fingerprint density at radius 3 is 2.48 bits per heavy atom. The third kappa shape index (κ3) is 3.21. The Bertz CT molecular complexity index is 686. The molecule has 0 aliphatic carbocycles. The van der Waals surface area contributed by atoms with E-state index < -0.39 is 6.10 Å². The minimum atomic E-state index is -0.914. The molecule has 0 aliphatic heterocycles. The van der Waals surface area contributed by atoms with Gasteiger partial charge in [0, 0.05) is 25.6 Å². The van der Waals surface area contributed by atoms with E-state index in [1.165, 1.54) is 0 Å². The van der Waals surface area contributed by atoms with E-state index in [4.69, 9.17) is 27.9 Å². The molecule has 0 spiro atoms. The van der Waals surface area contributed by atoms with Gasteiger partial charge in [-0.15, -0.1) is 0 Å². The summed E-state index contributed by atoms with van der Waals surface area (Å²) in [6, 6.07) is 7.00. The van der Waals surface area contributed by atoms with Gasteiger partial charge in [0.25, 0.3) is 0 Å². The van der Waals surface area contributed by atoms with Crippen LogP contribution >= 0.6 is 39.1 Å². The molecule has 5 heteroatoms. The van der Waals surface area contributed by atoms with Crippen LogP contribution in [0.2, 0.25) is 10.0 Å². The molecule has 1 atom stereocenters. The number of methoxy groups -OCH3 is 1. The molecule has 1 N–H and O–H groups in total. The first-order valence-electron chi connectivity index (χ1n) is 6.33. The number of hydrogen-bond donors (Lipinski definition) is 1. The number of aliphatic hydroxyl groups excluding tert-OH is 1. The lowest BCUT2D eigenvalue weighted by atomic mass is 9.94. The summed E-state index contributed by atoms with van der Waals surface area (Å²) in [5, 5.41) is 11.8. The molecule has 0 aliphatic rings. The van der Waals surface area contributed by atoms with E-state index in [1.807, 2.05) is 19.9 Å². The van der Waals surface area contributed by atoms with Crippen LogP contribution < -0.4 is 4.74 Å². The summed E-state index contributed by atoms with van der Waals surface area (Å²) >= 11 is 15.7. The van der Waals surface area contributed by atoms with Crippen LogP contribution in [0.1, 0.15) is 28.4 Å². The molecule has 21 heavy (non-hydrogen) atoms. The first-order valence-corrected chi connectivity index (χ1v) is 7.88. The van der Waals surface area contributed by atoms with E-state index in [9.17, 15) is 5.11 Å². The van der Waals surface area contributed by atoms with Crippen molar-refractivity contribution in [2.75, 3.05) is 7.11 Å². The molecule has 0 bridgehead atoms. The molecule has 0 fully saturated rings. The predicted molar refractivity (Wildman–Crippen MR) is 90.7 cm³/mol. The molecule has 0 saturated heterocycles. The maximum Gasteiger partial charge on any atom is 0.128 e. The summed E-state index contributed by atoms with van der Waals surface area (Å²) in [5.41, 5.74) is 3.08. The van der Waals surface area contributed by atoms with Crippen molar-refractivity contribution in [2.24, 2.45) is 0 Å². The maximum atomic E-state index is 10.8. The first kappa shape index (κ1) is 16.6. The van der Waals surface area contributed by atoms with Crippen LogP contribution in [0.5, 0.6) is 5.75 Å². The van der Waals surface area contributed by atoms with Gasteiger partial charge >= 0.3 is 0 Å². The van der Waals surface area contributed by atoms with Crippen LogP contribution in [0, 0.1) is 13.8 Å². The molecule has 112 valence electrons. The Labute approximate surface area is 142 Å². The predicted octanol–water partition coefficient (Wildman–Crippen LogP) is 5.46.